The maximum absolute atomic E-state index is 11.6. The zero-order chi connectivity index (χ0) is 16.5. The second kappa shape index (κ2) is 8.47. The number of nitrogens with one attached hydrogen (secondary N) is 3. The van der Waals surface area contributed by atoms with E-state index in [4.69, 9.17) is 9.47 Å². The van der Waals surface area contributed by atoms with Gasteiger partial charge in [0.1, 0.15) is 17.2 Å². The Morgan fingerprint density at radius 2 is 1.74 bits per heavy atom. The fourth-order valence-corrected chi connectivity index (χ4v) is 1.70. The van der Waals surface area contributed by atoms with E-state index in [1.165, 1.54) is 0 Å². The number of H-pyrrole nitrogens is 1. The summed E-state index contributed by atoms with van der Waals surface area (Å²) in [5.41, 5.74) is 4.91. The zero-order valence-corrected chi connectivity index (χ0v) is 12.8. The summed E-state index contributed by atoms with van der Waals surface area (Å²) >= 11 is 0. The highest BCUT2D eigenvalue weighted by atomic mass is 16.5. The average Bonchev–Trinajstić information content (AvgIpc) is 3.11. The van der Waals surface area contributed by atoms with Gasteiger partial charge in [-0.25, -0.2) is 0 Å². The molecule has 7 nitrogen and oxygen atoms in total. The van der Waals surface area contributed by atoms with Crippen LogP contribution in [0.15, 0.2) is 42.6 Å². The van der Waals surface area contributed by atoms with E-state index in [1.807, 2.05) is 6.92 Å². The van der Waals surface area contributed by atoms with Crippen LogP contribution in [0.2, 0.25) is 0 Å². The van der Waals surface area contributed by atoms with Crippen LogP contribution in [0.5, 0.6) is 11.5 Å². The Hall–Kier alpha value is -2.96. The standard InChI is InChI=1S/C16H19N3O4/c1-2-10-22-12-5-7-13(8-6-12)23-11-15(20)18-19-16(21)14-4-3-9-17-14/h3-9,17H,2,10-11H2,1H3,(H,18,20)(H,19,21). The van der Waals surface area contributed by atoms with Gasteiger partial charge < -0.3 is 14.5 Å². The quantitative estimate of drug-likeness (QED) is 0.677. The number of rotatable bonds is 7. The van der Waals surface area contributed by atoms with Gasteiger partial charge in [-0.3, -0.25) is 20.4 Å². The molecule has 0 spiro atoms. The summed E-state index contributed by atoms with van der Waals surface area (Å²) in [5, 5.41) is 0. The molecule has 2 aromatic rings. The molecule has 23 heavy (non-hydrogen) atoms. The number of hydrazine groups is 1. The lowest BCUT2D eigenvalue weighted by Crippen LogP contribution is -2.43. The number of carbonyl (C=O) groups is 2. The first-order valence-corrected chi connectivity index (χ1v) is 7.27. The van der Waals surface area contributed by atoms with Crippen molar-refractivity contribution in [3.8, 4) is 11.5 Å². The van der Waals surface area contributed by atoms with Gasteiger partial charge >= 0.3 is 0 Å². The molecular weight excluding hydrogens is 298 g/mol. The van der Waals surface area contributed by atoms with Crippen molar-refractivity contribution < 1.29 is 19.1 Å². The highest BCUT2D eigenvalue weighted by Crippen LogP contribution is 2.17. The first kappa shape index (κ1) is 16.4. The number of hydrogen-bond donors (Lipinski definition) is 3. The number of benzene rings is 1. The molecule has 0 saturated heterocycles. The molecule has 0 bridgehead atoms. The van der Waals surface area contributed by atoms with Crippen LogP contribution >= 0.6 is 0 Å². The van der Waals surface area contributed by atoms with E-state index in [9.17, 15) is 9.59 Å². The Morgan fingerprint density at radius 1 is 1.04 bits per heavy atom. The maximum atomic E-state index is 11.6. The summed E-state index contributed by atoms with van der Waals surface area (Å²) in [4.78, 5) is 25.9. The van der Waals surface area contributed by atoms with Gasteiger partial charge in [-0.2, -0.15) is 0 Å². The molecule has 1 heterocycles. The van der Waals surface area contributed by atoms with E-state index in [0.29, 0.717) is 18.1 Å². The average molecular weight is 317 g/mol. The number of aromatic amines is 1. The van der Waals surface area contributed by atoms with Gasteiger partial charge in [-0.15, -0.1) is 0 Å². The van der Waals surface area contributed by atoms with Crippen molar-refractivity contribution in [3.63, 3.8) is 0 Å². The lowest BCUT2D eigenvalue weighted by molar-refractivity contribution is -0.123. The van der Waals surface area contributed by atoms with Gasteiger partial charge in [0.25, 0.3) is 11.8 Å². The van der Waals surface area contributed by atoms with Crippen molar-refractivity contribution in [1.29, 1.82) is 0 Å². The summed E-state index contributed by atoms with van der Waals surface area (Å²) < 4.78 is 10.8. The molecule has 0 aliphatic heterocycles. The number of aromatic nitrogens is 1. The fraction of sp³-hybridized carbons (Fsp3) is 0.250. The molecule has 0 aliphatic carbocycles. The first-order valence-electron chi connectivity index (χ1n) is 7.27. The van der Waals surface area contributed by atoms with Gasteiger partial charge in [-0.1, -0.05) is 6.92 Å². The minimum atomic E-state index is -0.462. The van der Waals surface area contributed by atoms with E-state index in [1.54, 1.807) is 42.6 Å². The molecule has 1 aromatic heterocycles. The van der Waals surface area contributed by atoms with E-state index < -0.39 is 11.8 Å². The number of ether oxygens (including phenoxy) is 2. The van der Waals surface area contributed by atoms with Gasteiger partial charge in [0, 0.05) is 6.20 Å². The molecule has 0 aliphatic rings. The number of carbonyl (C=O) groups excluding carboxylic acids is 2. The van der Waals surface area contributed by atoms with Crippen molar-refractivity contribution in [2.45, 2.75) is 13.3 Å². The summed E-state index contributed by atoms with van der Waals surface area (Å²) in [7, 11) is 0. The minimum Gasteiger partial charge on any atom is -0.494 e. The molecule has 7 heteroatoms. The van der Waals surface area contributed by atoms with Crippen molar-refractivity contribution in [2.24, 2.45) is 0 Å². The molecule has 0 atom stereocenters. The molecular formula is C16H19N3O4. The largest absolute Gasteiger partial charge is 0.494 e. The fourth-order valence-electron chi connectivity index (χ4n) is 1.70. The van der Waals surface area contributed by atoms with E-state index in [-0.39, 0.29) is 6.61 Å². The van der Waals surface area contributed by atoms with Crippen LogP contribution in [-0.2, 0) is 4.79 Å². The minimum absolute atomic E-state index is 0.208. The maximum Gasteiger partial charge on any atom is 0.286 e. The van der Waals surface area contributed by atoms with Crippen LogP contribution < -0.4 is 20.3 Å². The normalized spacial score (nSPS) is 9.96. The van der Waals surface area contributed by atoms with Crippen molar-refractivity contribution in [1.82, 2.24) is 15.8 Å². The molecule has 1 aromatic carbocycles. The molecule has 2 amide bonds. The Bertz CT molecular complexity index is 623. The van der Waals surface area contributed by atoms with Crippen LogP contribution in [-0.4, -0.2) is 30.0 Å². The van der Waals surface area contributed by atoms with Gasteiger partial charge in [0.15, 0.2) is 6.61 Å². The number of hydrogen-bond acceptors (Lipinski definition) is 4. The molecule has 122 valence electrons. The Labute approximate surface area is 134 Å². The van der Waals surface area contributed by atoms with Gasteiger partial charge in [0.05, 0.1) is 6.61 Å². The van der Waals surface area contributed by atoms with Crippen LogP contribution in [0.3, 0.4) is 0 Å². The van der Waals surface area contributed by atoms with Crippen LogP contribution in [0, 0.1) is 0 Å². The lowest BCUT2D eigenvalue weighted by Gasteiger charge is -2.09. The second-order valence-corrected chi connectivity index (χ2v) is 4.69. The second-order valence-electron chi connectivity index (χ2n) is 4.69. The molecule has 2 rings (SSSR count). The Balaban J connectivity index is 1.70. The summed E-state index contributed by atoms with van der Waals surface area (Å²) in [5.74, 6) is 0.401. The highest BCUT2D eigenvalue weighted by Gasteiger charge is 2.08. The molecule has 0 fully saturated rings. The molecule has 3 N–H and O–H groups in total. The summed E-state index contributed by atoms with van der Waals surface area (Å²) in [6.07, 6.45) is 2.56. The Kier molecular flexibility index (Phi) is 6.05. The first-order chi connectivity index (χ1) is 11.2. The van der Waals surface area contributed by atoms with Crippen molar-refractivity contribution in [3.05, 3.63) is 48.3 Å². The summed E-state index contributed by atoms with van der Waals surface area (Å²) in [6, 6.07) is 10.3. The van der Waals surface area contributed by atoms with Gasteiger partial charge in [-0.05, 0) is 42.8 Å². The third-order valence-corrected chi connectivity index (χ3v) is 2.82. The van der Waals surface area contributed by atoms with E-state index in [0.717, 1.165) is 12.2 Å². The van der Waals surface area contributed by atoms with Crippen LogP contribution in [0.1, 0.15) is 23.8 Å². The van der Waals surface area contributed by atoms with E-state index >= 15 is 0 Å². The predicted molar refractivity (Wildman–Crippen MR) is 84.1 cm³/mol. The van der Waals surface area contributed by atoms with Crippen LogP contribution in [0.4, 0.5) is 0 Å². The van der Waals surface area contributed by atoms with Crippen molar-refractivity contribution in [2.75, 3.05) is 13.2 Å². The van der Waals surface area contributed by atoms with Crippen molar-refractivity contribution >= 4 is 11.8 Å². The molecule has 0 saturated carbocycles. The van der Waals surface area contributed by atoms with Gasteiger partial charge in [0.2, 0.25) is 0 Å². The van der Waals surface area contributed by atoms with Crippen LogP contribution in [0.25, 0.3) is 0 Å². The molecule has 0 unspecified atom stereocenters. The lowest BCUT2D eigenvalue weighted by atomic mass is 10.3. The monoisotopic (exact) mass is 317 g/mol. The number of amides is 2. The Morgan fingerprint density at radius 3 is 2.35 bits per heavy atom. The SMILES string of the molecule is CCCOc1ccc(OCC(=O)NNC(=O)c2ccc[nH]2)cc1. The smallest absolute Gasteiger partial charge is 0.286 e. The van der Waals surface area contributed by atoms with E-state index in [2.05, 4.69) is 15.8 Å². The zero-order valence-electron chi connectivity index (χ0n) is 12.8. The summed E-state index contributed by atoms with van der Waals surface area (Å²) in [6.45, 7) is 2.48. The predicted octanol–water partition coefficient (Wildman–Crippen LogP) is 1.64. The third kappa shape index (κ3) is 5.39. The third-order valence-electron chi connectivity index (χ3n) is 2.82. The highest BCUT2D eigenvalue weighted by molar-refractivity contribution is 5.93. The molecule has 0 radical (unpaired) electrons. The topological polar surface area (TPSA) is 92.4 Å².